The van der Waals surface area contributed by atoms with Crippen molar-refractivity contribution in [2.45, 2.75) is 44.9 Å². The molecule has 0 aliphatic heterocycles. The Morgan fingerprint density at radius 2 is 2.14 bits per heavy atom. The van der Waals surface area contributed by atoms with Crippen LogP contribution in [0.5, 0.6) is 0 Å². The summed E-state index contributed by atoms with van der Waals surface area (Å²) >= 11 is 6.05. The van der Waals surface area contributed by atoms with Gasteiger partial charge in [0.25, 0.3) is 0 Å². The molecule has 0 spiro atoms. The number of carbonyl (C=O) groups is 1. The molecule has 2 N–H and O–H groups in total. The van der Waals surface area contributed by atoms with Crippen LogP contribution in [0.4, 0.5) is 0 Å². The lowest BCUT2D eigenvalue weighted by Crippen LogP contribution is -2.38. The highest BCUT2D eigenvalue weighted by atomic mass is 35.5. The van der Waals surface area contributed by atoms with Crippen molar-refractivity contribution in [3.8, 4) is 0 Å². The van der Waals surface area contributed by atoms with E-state index in [0.717, 1.165) is 31.2 Å². The molecule has 1 amide bonds. The molecule has 1 aliphatic rings. The first-order valence-corrected chi connectivity index (χ1v) is 8.51. The van der Waals surface area contributed by atoms with Gasteiger partial charge < -0.3 is 10.4 Å². The van der Waals surface area contributed by atoms with Crippen molar-refractivity contribution >= 4 is 17.5 Å². The van der Waals surface area contributed by atoms with E-state index in [1.807, 2.05) is 24.3 Å². The summed E-state index contributed by atoms with van der Waals surface area (Å²) in [6.45, 7) is 5.15. The molecule has 0 aromatic heterocycles. The zero-order chi connectivity index (χ0) is 16.2. The fourth-order valence-electron chi connectivity index (χ4n) is 3.12. The van der Waals surface area contributed by atoms with Gasteiger partial charge in [-0.25, -0.2) is 0 Å². The molecule has 1 unspecified atom stereocenters. The summed E-state index contributed by atoms with van der Waals surface area (Å²) in [5.41, 5.74) is 0.632. The Morgan fingerprint density at radius 3 is 2.68 bits per heavy atom. The average molecular weight is 324 g/mol. The van der Waals surface area contributed by atoms with E-state index in [-0.39, 0.29) is 17.9 Å². The van der Waals surface area contributed by atoms with E-state index in [2.05, 4.69) is 19.2 Å². The zero-order valence-corrected chi connectivity index (χ0v) is 14.2. The van der Waals surface area contributed by atoms with E-state index < -0.39 is 0 Å². The van der Waals surface area contributed by atoms with Crippen LogP contribution < -0.4 is 5.32 Å². The van der Waals surface area contributed by atoms with E-state index in [9.17, 15) is 4.79 Å². The number of hydrogen-bond donors (Lipinski definition) is 2. The van der Waals surface area contributed by atoms with Gasteiger partial charge in [-0.15, -0.1) is 0 Å². The van der Waals surface area contributed by atoms with Crippen LogP contribution in [-0.4, -0.2) is 24.2 Å². The highest BCUT2D eigenvalue weighted by molar-refractivity contribution is 6.30. The van der Waals surface area contributed by atoms with Crippen LogP contribution in [0.25, 0.3) is 0 Å². The van der Waals surface area contributed by atoms with Gasteiger partial charge in [-0.3, -0.25) is 4.79 Å². The van der Waals surface area contributed by atoms with Gasteiger partial charge in [0.1, 0.15) is 0 Å². The van der Waals surface area contributed by atoms with Gasteiger partial charge in [-0.05, 0) is 55.2 Å². The first kappa shape index (κ1) is 17.3. The summed E-state index contributed by atoms with van der Waals surface area (Å²) in [6.07, 6.45) is 3.52. The molecule has 1 fully saturated rings. The lowest BCUT2D eigenvalue weighted by molar-refractivity contribution is -0.123. The SMILES string of the molecule is CC(C)CC(CCO)CNC(=O)C1(c2cccc(Cl)c2)CC1. The van der Waals surface area contributed by atoms with Crippen LogP contribution in [0.1, 0.15) is 45.1 Å². The monoisotopic (exact) mass is 323 g/mol. The van der Waals surface area contributed by atoms with Crippen LogP contribution >= 0.6 is 11.6 Å². The van der Waals surface area contributed by atoms with Crippen molar-refractivity contribution in [2.75, 3.05) is 13.2 Å². The number of hydrogen-bond acceptors (Lipinski definition) is 2. The van der Waals surface area contributed by atoms with Crippen LogP contribution in [0.3, 0.4) is 0 Å². The van der Waals surface area contributed by atoms with Crippen molar-refractivity contribution in [3.63, 3.8) is 0 Å². The molecule has 1 atom stereocenters. The smallest absolute Gasteiger partial charge is 0.230 e. The first-order chi connectivity index (χ1) is 10.5. The second-order valence-electron chi connectivity index (χ2n) is 6.81. The highest BCUT2D eigenvalue weighted by Crippen LogP contribution is 2.48. The Balaban J connectivity index is 1.96. The minimum Gasteiger partial charge on any atom is -0.396 e. The van der Waals surface area contributed by atoms with Crippen molar-refractivity contribution in [3.05, 3.63) is 34.9 Å². The Bertz CT molecular complexity index is 512. The van der Waals surface area contributed by atoms with Gasteiger partial charge in [-0.2, -0.15) is 0 Å². The minimum absolute atomic E-state index is 0.0986. The lowest BCUT2D eigenvalue weighted by atomic mass is 9.92. The maximum atomic E-state index is 12.6. The lowest BCUT2D eigenvalue weighted by Gasteiger charge is -2.21. The van der Waals surface area contributed by atoms with Gasteiger partial charge in [0, 0.05) is 18.2 Å². The highest BCUT2D eigenvalue weighted by Gasteiger charge is 2.51. The van der Waals surface area contributed by atoms with Gasteiger partial charge in [0.2, 0.25) is 5.91 Å². The van der Waals surface area contributed by atoms with E-state index in [1.54, 1.807) is 0 Å². The molecule has 0 heterocycles. The molecule has 1 aliphatic carbocycles. The predicted octanol–water partition coefficient (Wildman–Crippen LogP) is 3.53. The average Bonchev–Trinajstić information content (AvgIpc) is 3.26. The number of aliphatic hydroxyl groups excluding tert-OH is 1. The van der Waals surface area contributed by atoms with Gasteiger partial charge >= 0.3 is 0 Å². The molecule has 4 heteroatoms. The van der Waals surface area contributed by atoms with Crippen molar-refractivity contribution < 1.29 is 9.90 Å². The quantitative estimate of drug-likeness (QED) is 0.769. The molecule has 1 saturated carbocycles. The number of rotatable bonds is 8. The van der Waals surface area contributed by atoms with Crippen molar-refractivity contribution in [1.29, 1.82) is 0 Å². The summed E-state index contributed by atoms with van der Waals surface area (Å²) in [5.74, 6) is 1.00. The second-order valence-corrected chi connectivity index (χ2v) is 7.25. The molecular formula is C18H26ClNO2. The molecule has 122 valence electrons. The van der Waals surface area contributed by atoms with E-state index in [1.165, 1.54) is 0 Å². The summed E-state index contributed by atoms with van der Waals surface area (Å²) in [7, 11) is 0. The first-order valence-electron chi connectivity index (χ1n) is 8.13. The second kappa shape index (κ2) is 7.47. The number of amides is 1. The Kier molecular flexibility index (Phi) is 5.87. The number of aliphatic hydroxyl groups is 1. The molecule has 0 saturated heterocycles. The Morgan fingerprint density at radius 1 is 1.41 bits per heavy atom. The normalized spacial score (nSPS) is 17.3. The van der Waals surface area contributed by atoms with Crippen LogP contribution in [-0.2, 0) is 10.2 Å². The molecule has 3 nitrogen and oxygen atoms in total. The Hall–Kier alpha value is -1.06. The fraction of sp³-hybridized carbons (Fsp3) is 0.611. The van der Waals surface area contributed by atoms with Gasteiger partial charge in [0.05, 0.1) is 5.41 Å². The number of halogens is 1. The third-order valence-corrected chi connectivity index (χ3v) is 4.69. The van der Waals surface area contributed by atoms with Crippen LogP contribution in [0.2, 0.25) is 5.02 Å². The predicted molar refractivity (Wildman–Crippen MR) is 90.0 cm³/mol. The minimum atomic E-state index is -0.382. The summed E-state index contributed by atoms with van der Waals surface area (Å²) < 4.78 is 0. The summed E-state index contributed by atoms with van der Waals surface area (Å²) in [5, 5.41) is 12.9. The molecule has 2 rings (SSSR count). The topological polar surface area (TPSA) is 49.3 Å². The maximum Gasteiger partial charge on any atom is 0.230 e. The molecule has 0 bridgehead atoms. The number of benzene rings is 1. The fourth-order valence-corrected chi connectivity index (χ4v) is 3.31. The number of nitrogens with one attached hydrogen (secondary N) is 1. The van der Waals surface area contributed by atoms with Crippen LogP contribution in [0.15, 0.2) is 24.3 Å². The molecule has 1 aromatic carbocycles. The van der Waals surface area contributed by atoms with E-state index in [4.69, 9.17) is 16.7 Å². The van der Waals surface area contributed by atoms with Gasteiger partial charge in [-0.1, -0.05) is 37.6 Å². The molecular weight excluding hydrogens is 298 g/mol. The van der Waals surface area contributed by atoms with Crippen molar-refractivity contribution in [1.82, 2.24) is 5.32 Å². The zero-order valence-electron chi connectivity index (χ0n) is 13.4. The maximum absolute atomic E-state index is 12.6. The van der Waals surface area contributed by atoms with E-state index >= 15 is 0 Å². The van der Waals surface area contributed by atoms with Gasteiger partial charge in [0.15, 0.2) is 0 Å². The number of carbonyl (C=O) groups excluding carboxylic acids is 1. The standard InChI is InChI=1S/C18H26ClNO2/c1-13(2)10-14(6-9-21)12-20-17(22)18(7-8-18)15-4-3-5-16(19)11-15/h3-5,11,13-14,21H,6-10,12H2,1-2H3,(H,20,22). The summed E-state index contributed by atoms with van der Waals surface area (Å²) in [4.78, 5) is 12.6. The Labute approximate surface area is 138 Å². The molecule has 1 aromatic rings. The third-order valence-electron chi connectivity index (χ3n) is 4.46. The van der Waals surface area contributed by atoms with Crippen LogP contribution in [0, 0.1) is 11.8 Å². The van der Waals surface area contributed by atoms with Crippen molar-refractivity contribution in [2.24, 2.45) is 11.8 Å². The van der Waals surface area contributed by atoms with E-state index in [0.29, 0.717) is 23.4 Å². The largest absolute Gasteiger partial charge is 0.396 e. The third kappa shape index (κ3) is 4.23. The molecule has 0 radical (unpaired) electrons. The molecule has 22 heavy (non-hydrogen) atoms. The summed E-state index contributed by atoms with van der Waals surface area (Å²) in [6, 6.07) is 7.61.